The van der Waals surface area contributed by atoms with Crippen molar-refractivity contribution in [3.63, 3.8) is 0 Å². The van der Waals surface area contributed by atoms with Crippen LogP contribution < -0.4 is 0 Å². The van der Waals surface area contributed by atoms with Gasteiger partial charge in [0.2, 0.25) is 0 Å². The van der Waals surface area contributed by atoms with E-state index in [0.717, 1.165) is 11.0 Å². The highest BCUT2D eigenvalue weighted by molar-refractivity contribution is 9.10. The third-order valence-electron chi connectivity index (χ3n) is 2.84. The average molecular weight is 296 g/mol. The van der Waals surface area contributed by atoms with E-state index in [1.165, 1.54) is 16.5 Å². The van der Waals surface area contributed by atoms with Gasteiger partial charge < -0.3 is 9.30 Å². The molecule has 0 aliphatic heterocycles. The first-order valence-electron chi connectivity index (χ1n) is 6.00. The summed E-state index contributed by atoms with van der Waals surface area (Å²) in [5.74, 6) is 0. The Kier molecular flexibility index (Phi) is 3.89. The lowest BCUT2D eigenvalue weighted by Crippen LogP contribution is -2.01. The Morgan fingerprint density at radius 1 is 1.35 bits per heavy atom. The van der Waals surface area contributed by atoms with Crippen LogP contribution in [0, 0.1) is 0 Å². The highest BCUT2D eigenvalue weighted by Gasteiger charge is 2.08. The molecular formula is C14H18BrNO. The van der Waals surface area contributed by atoms with Gasteiger partial charge in [0, 0.05) is 33.7 Å². The molecule has 0 N–H and O–H groups in total. The normalized spacial score (nSPS) is 11.6. The monoisotopic (exact) mass is 295 g/mol. The van der Waals surface area contributed by atoms with Gasteiger partial charge in [0.05, 0.1) is 12.7 Å². The largest absolute Gasteiger partial charge is 0.374 e. The lowest BCUT2D eigenvalue weighted by Gasteiger charge is -2.06. The summed E-state index contributed by atoms with van der Waals surface area (Å²) in [7, 11) is 0. The van der Waals surface area contributed by atoms with Crippen LogP contribution in [0.5, 0.6) is 0 Å². The van der Waals surface area contributed by atoms with Crippen LogP contribution in [0.3, 0.4) is 0 Å². The number of aryl methyl sites for hydroxylation is 1. The average Bonchev–Trinajstić information content (AvgIpc) is 2.63. The minimum atomic E-state index is 0.269. The van der Waals surface area contributed by atoms with Crippen LogP contribution in [0.25, 0.3) is 10.9 Å². The second kappa shape index (κ2) is 5.23. The number of ether oxygens (including phenoxy) is 1. The molecule has 0 saturated carbocycles. The molecule has 2 nitrogen and oxygen atoms in total. The van der Waals surface area contributed by atoms with Crippen LogP contribution in [0.2, 0.25) is 0 Å². The molecular weight excluding hydrogens is 278 g/mol. The van der Waals surface area contributed by atoms with Crippen LogP contribution in [-0.2, 0) is 17.9 Å². The molecule has 0 amide bonds. The number of hydrogen-bond acceptors (Lipinski definition) is 1. The molecule has 92 valence electrons. The standard InChI is InChI=1S/C14H18BrNO/c1-4-16-8-11(9-17-10(2)3)13-6-5-12(15)7-14(13)16/h5-8,10H,4,9H2,1-3H3. The second-order valence-corrected chi connectivity index (χ2v) is 5.38. The number of nitrogens with zero attached hydrogens (tertiary/aromatic N) is 1. The minimum Gasteiger partial charge on any atom is -0.374 e. The Labute approximate surface area is 111 Å². The highest BCUT2D eigenvalue weighted by atomic mass is 79.9. The fraction of sp³-hybridized carbons (Fsp3) is 0.429. The summed E-state index contributed by atoms with van der Waals surface area (Å²) in [6.45, 7) is 7.95. The lowest BCUT2D eigenvalue weighted by atomic mass is 10.2. The molecule has 0 bridgehead atoms. The molecule has 3 heteroatoms. The van der Waals surface area contributed by atoms with E-state index in [1.54, 1.807) is 0 Å². The molecule has 0 atom stereocenters. The van der Waals surface area contributed by atoms with Crippen molar-refractivity contribution in [2.45, 2.75) is 40.0 Å². The third-order valence-corrected chi connectivity index (χ3v) is 3.33. The van der Waals surface area contributed by atoms with Crippen molar-refractivity contribution >= 4 is 26.8 Å². The van der Waals surface area contributed by atoms with Crippen molar-refractivity contribution in [3.8, 4) is 0 Å². The van der Waals surface area contributed by atoms with Crippen molar-refractivity contribution in [3.05, 3.63) is 34.4 Å². The van der Waals surface area contributed by atoms with Crippen molar-refractivity contribution < 1.29 is 4.74 Å². The Hall–Kier alpha value is -0.800. The summed E-state index contributed by atoms with van der Waals surface area (Å²) in [6, 6.07) is 6.41. The Morgan fingerprint density at radius 2 is 2.12 bits per heavy atom. The maximum Gasteiger partial charge on any atom is 0.0741 e. The molecule has 17 heavy (non-hydrogen) atoms. The summed E-state index contributed by atoms with van der Waals surface area (Å²) in [4.78, 5) is 0. The molecule has 1 aromatic carbocycles. The molecule has 0 aliphatic carbocycles. The number of fused-ring (bicyclic) bond motifs is 1. The number of benzene rings is 1. The van der Waals surface area contributed by atoms with E-state index in [2.05, 4.69) is 65.7 Å². The number of rotatable bonds is 4. The molecule has 2 rings (SSSR count). The molecule has 0 radical (unpaired) electrons. The fourth-order valence-electron chi connectivity index (χ4n) is 1.97. The fourth-order valence-corrected chi connectivity index (χ4v) is 2.32. The lowest BCUT2D eigenvalue weighted by molar-refractivity contribution is 0.0663. The van der Waals surface area contributed by atoms with Crippen LogP contribution >= 0.6 is 15.9 Å². The predicted octanol–water partition coefficient (Wildman–Crippen LogP) is 4.35. The van der Waals surface area contributed by atoms with E-state index >= 15 is 0 Å². The Bertz CT molecular complexity index is 516. The van der Waals surface area contributed by atoms with E-state index in [9.17, 15) is 0 Å². The zero-order valence-corrected chi connectivity index (χ0v) is 12.1. The van der Waals surface area contributed by atoms with Crippen molar-refractivity contribution in [1.82, 2.24) is 4.57 Å². The number of halogens is 1. The van der Waals surface area contributed by atoms with Gasteiger partial charge in [0.15, 0.2) is 0 Å². The van der Waals surface area contributed by atoms with E-state index in [4.69, 9.17) is 4.74 Å². The molecule has 0 aliphatic rings. The molecule has 1 aromatic heterocycles. The maximum absolute atomic E-state index is 5.70. The van der Waals surface area contributed by atoms with Gasteiger partial charge in [0.1, 0.15) is 0 Å². The third kappa shape index (κ3) is 2.72. The highest BCUT2D eigenvalue weighted by Crippen LogP contribution is 2.25. The van der Waals surface area contributed by atoms with Crippen LogP contribution in [0.4, 0.5) is 0 Å². The smallest absolute Gasteiger partial charge is 0.0741 e. The van der Waals surface area contributed by atoms with E-state index in [1.807, 2.05) is 0 Å². The van der Waals surface area contributed by atoms with Gasteiger partial charge in [0.25, 0.3) is 0 Å². The Morgan fingerprint density at radius 3 is 2.76 bits per heavy atom. The van der Waals surface area contributed by atoms with E-state index in [0.29, 0.717) is 6.61 Å². The first-order valence-corrected chi connectivity index (χ1v) is 6.80. The van der Waals surface area contributed by atoms with Gasteiger partial charge in [-0.25, -0.2) is 0 Å². The topological polar surface area (TPSA) is 14.2 Å². The zero-order chi connectivity index (χ0) is 12.4. The van der Waals surface area contributed by atoms with Gasteiger partial charge in [-0.1, -0.05) is 22.0 Å². The SMILES string of the molecule is CCn1cc(COC(C)C)c2ccc(Br)cc21. The van der Waals surface area contributed by atoms with Crippen LogP contribution in [-0.4, -0.2) is 10.7 Å². The van der Waals surface area contributed by atoms with Crippen molar-refractivity contribution in [1.29, 1.82) is 0 Å². The minimum absolute atomic E-state index is 0.269. The van der Waals surface area contributed by atoms with Crippen molar-refractivity contribution in [2.75, 3.05) is 0 Å². The van der Waals surface area contributed by atoms with Crippen LogP contribution in [0.1, 0.15) is 26.3 Å². The van der Waals surface area contributed by atoms with Gasteiger partial charge in [-0.05, 0) is 32.9 Å². The number of aromatic nitrogens is 1. The Balaban J connectivity index is 2.42. The van der Waals surface area contributed by atoms with Gasteiger partial charge in [-0.3, -0.25) is 0 Å². The first kappa shape index (κ1) is 12.7. The van der Waals surface area contributed by atoms with E-state index < -0.39 is 0 Å². The van der Waals surface area contributed by atoms with E-state index in [-0.39, 0.29) is 6.10 Å². The second-order valence-electron chi connectivity index (χ2n) is 4.46. The van der Waals surface area contributed by atoms with Gasteiger partial charge in [-0.2, -0.15) is 0 Å². The molecule has 0 saturated heterocycles. The van der Waals surface area contributed by atoms with Gasteiger partial charge in [-0.15, -0.1) is 0 Å². The first-order chi connectivity index (χ1) is 8.11. The quantitative estimate of drug-likeness (QED) is 0.818. The molecule has 2 aromatic rings. The molecule has 0 fully saturated rings. The van der Waals surface area contributed by atoms with Gasteiger partial charge >= 0.3 is 0 Å². The zero-order valence-electron chi connectivity index (χ0n) is 10.5. The predicted molar refractivity (Wildman–Crippen MR) is 75.2 cm³/mol. The molecule has 0 spiro atoms. The van der Waals surface area contributed by atoms with Crippen LogP contribution in [0.15, 0.2) is 28.9 Å². The summed E-state index contributed by atoms with van der Waals surface area (Å²) in [5.41, 5.74) is 2.53. The molecule has 0 unspecified atom stereocenters. The summed E-state index contributed by atoms with van der Waals surface area (Å²) in [6.07, 6.45) is 2.46. The molecule has 1 heterocycles. The van der Waals surface area contributed by atoms with Crippen molar-refractivity contribution in [2.24, 2.45) is 0 Å². The summed E-state index contributed by atoms with van der Waals surface area (Å²) < 4.78 is 9.08. The number of hydrogen-bond donors (Lipinski definition) is 0. The summed E-state index contributed by atoms with van der Waals surface area (Å²) in [5, 5.41) is 1.29. The summed E-state index contributed by atoms with van der Waals surface area (Å²) >= 11 is 3.52. The maximum atomic E-state index is 5.70.